The standard InChI is InChI=1S/C12H13N5O3S/c1-3-20-12-14-11(15-16-12)17-21(18,19)10-5-4-9(7-13)6-8(10)2/h4-6H,3H2,1-2H3,(H2,14,15,16,17). The monoisotopic (exact) mass is 307 g/mol. The van der Waals surface area contributed by atoms with E-state index in [1.165, 1.54) is 18.2 Å². The van der Waals surface area contributed by atoms with Gasteiger partial charge in [0.2, 0.25) is 5.95 Å². The molecule has 110 valence electrons. The minimum Gasteiger partial charge on any atom is -0.463 e. The molecule has 9 heteroatoms. The molecule has 0 bridgehead atoms. The number of aromatic nitrogens is 3. The van der Waals surface area contributed by atoms with Gasteiger partial charge in [0.05, 0.1) is 23.1 Å². The summed E-state index contributed by atoms with van der Waals surface area (Å²) in [5.41, 5.74) is 0.857. The quantitative estimate of drug-likeness (QED) is 0.855. The lowest BCUT2D eigenvalue weighted by molar-refractivity contribution is 0.314. The molecule has 0 spiro atoms. The maximum atomic E-state index is 12.3. The van der Waals surface area contributed by atoms with Crippen molar-refractivity contribution < 1.29 is 13.2 Å². The van der Waals surface area contributed by atoms with Crippen LogP contribution >= 0.6 is 0 Å². The van der Waals surface area contributed by atoms with Crippen molar-refractivity contribution in [3.05, 3.63) is 29.3 Å². The molecule has 0 aliphatic heterocycles. The number of aryl methyl sites for hydroxylation is 1. The van der Waals surface area contributed by atoms with E-state index < -0.39 is 10.0 Å². The first-order valence-corrected chi connectivity index (χ1v) is 7.53. The molecule has 0 fully saturated rings. The molecule has 21 heavy (non-hydrogen) atoms. The number of hydrogen-bond donors (Lipinski definition) is 2. The largest absolute Gasteiger partial charge is 0.463 e. The third-order valence-electron chi connectivity index (χ3n) is 2.56. The summed E-state index contributed by atoms with van der Waals surface area (Å²) in [6.45, 7) is 3.75. The molecule has 0 atom stereocenters. The van der Waals surface area contributed by atoms with Crippen LogP contribution in [-0.2, 0) is 10.0 Å². The number of sulfonamides is 1. The number of hydrogen-bond acceptors (Lipinski definition) is 6. The van der Waals surface area contributed by atoms with E-state index in [1.54, 1.807) is 13.8 Å². The van der Waals surface area contributed by atoms with Gasteiger partial charge in [-0.3, -0.25) is 0 Å². The molecule has 0 amide bonds. The summed E-state index contributed by atoms with van der Waals surface area (Å²) in [7, 11) is -3.82. The lowest BCUT2D eigenvalue weighted by atomic mass is 10.2. The second-order valence-corrected chi connectivity index (χ2v) is 5.75. The van der Waals surface area contributed by atoms with Gasteiger partial charge < -0.3 is 4.74 Å². The number of ether oxygens (including phenoxy) is 1. The molecule has 0 saturated heterocycles. The van der Waals surface area contributed by atoms with Crippen molar-refractivity contribution in [1.29, 1.82) is 5.26 Å². The van der Waals surface area contributed by atoms with Gasteiger partial charge >= 0.3 is 6.01 Å². The minimum absolute atomic E-state index is 0.0396. The molecule has 0 saturated carbocycles. The van der Waals surface area contributed by atoms with E-state index in [9.17, 15) is 8.42 Å². The van der Waals surface area contributed by atoms with Crippen molar-refractivity contribution in [1.82, 2.24) is 15.2 Å². The van der Waals surface area contributed by atoms with E-state index in [1.807, 2.05) is 6.07 Å². The first kappa shape index (κ1) is 14.8. The normalized spacial score (nSPS) is 10.9. The van der Waals surface area contributed by atoms with Crippen molar-refractivity contribution in [3.8, 4) is 12.1 Å². The fourth-order valence-corrected chi connectivity index (χ4v) is 2.87. The number of benzene rings is 1. The van der Waals surface area contributed by atoms with Gasteiger partial charge in [-0.15, -0.1) is 5.10 Å². The number of nitrogens with one attached hydrogen (secondary N) is 2. The predicted molar refractivity (Wildman–Crippen MR) is 74.3 cm³/mol. The highest BCUT2D eigenvalue weighted by Crippen LogP contribution is 2.19. The van der Waals surface area contributed by atoms with Crippen molar-refractivity contribution in [2.24, 2.45) is 0 Å². The Morgan fingerprint density at radius 3 is 2.86 bits per heavy atom. The van der Waals surface area contributed by atoms with Crippen LogP contribution < -0.4 is 9.46 Å². The molecular weight excluding hydrogens is 294 g/mol. The zero-order chi connectivity index (χ0) is 15.5. The number of anilines is 1. The van der Waals surface area contributed by atoms with Gasteiger partial charge in [0, 0.05) is 0 Å². The zero-order valence-electron chi connectivity index (χ0n) is 11.4. The van der Waals surface area contributed by atoms with E-state index in [2.05, 4.69) is 19.9 Å². The Hall–Kier alpha value is -2.60. The second kappa shape index (κ2) is 5.80. The van der Waals surface area contributed by atoms with Gasteiger partial charge in [-0.1, -0.05) is 0 Å². The van der Waals surface area contributed by atoms with Crippen molar-refractivity contribution >= 4 is 16.0 Å². The van der Waals surface area contributed by atoms with E-state index in [-0.39, 0.29) is 16.9 Å². The van der Waals surface area contributed by atoms with Crippen LogP contribution in [0.5, 0.6) is 6.01 Å². The highest BCUT2D eigenvalue weighted by Gasteiger charge is 2.19. The Balaban J connectivity index is 2.27. The van der Waals surface area contributed by atoms with Gasteiger partial charge in [0.25, 0.3) is 10.0 Å². The van der Waals surface area contributed by atoms with Crippen LogP contribution in [0.1, 0.15) is 18.1 Å². The molecule has 8 nitrogen and oxygen atoms in total. The van der Waals surface area contributed by atoms with E-state index in [4.69, 9.17) is 10.00 Å². The van der Waals surface area contributed by atoms with Gasteiger partial charge in [0.1, 0.15) is 0 Å². The number of H-pyrrole nitrogens is 1. The lowest BCUT2D eigenvalue weighted by Gasteiger charge is -2.07. The topological polar surface area (TPSA) is 121 Å². The molecule has 0 aliphatic carbocycles. The summed E-state index contributed by atoms with van der Waals surface area (Å²) in [5, 5.41) is 14.9. The average Bonchev–Trinajstić information content (AvgIpc) is 2.85. The van der Waals surface area contributed by atoms with E-state index >= 15 is 0 Å². The van der Waals surface area contributed by atoms with Crippen LogP contribution in [0.2, 0.25) is 0 Å². The maximum Gasteiger partial charge on any atom is 0.337 e. The van der Waals surface area contributed by atoms with Crippen molar-refractivity contribution in [2.45, 2.75) is 18.7 Å². The van der Waals surface area contributed by atoms with E-state index in [0.717, 1.165) is 0 Å². The van der Waals surface area contributed by atoms with Gasteiger partial charge in [-0.2, -0.15) is 10.2 Å². The number of aromatic amines is 1. The van der Waals surface area contributed by atoms with Crippen LogP contribution in [0.4, 0.5) is 5.95 Å². The Morgan fingerprint density at radius 1 is 1.48 bits per heavy atom. The van der Waals surface area contributed by atoms with Gasteiger partial charge in [-0.05, 0) is 37.6 Å². The van der Waals surface area contributed by atoms with Crippen LogP contribution in [0, 0.1) is 18.3 Å². The minimum atomic E-state index is -3.82. The molecule has 2 aromatic rings. The Kier molecular flexibility index (Phi) is 4.09. The Bertz CT molecular complexity index is 791. The summed E-state index contributed by atoms with van der Waals surface area (Å²) < 4.78 is 31.8. The summed E-state index contributed by atoms with van der Waals surface area (Å²) >= 11 is 0. The third-order valence-corrected chi connectivity index (χ3v) is 4.06. The Morgan fingerprint density at radius 2 is 2.24 bits per heavy atom. The molecule has 2 N–H and O–H groups in total. The highest BCUT2D eigenvalue weighted by molar-refractivity contribution is 7.92. The number of rotatable bonds is 5. The van der Waals surface area contributed by atoms with Crippen molar-refractivity contribution in [3.63, 3.8) is 0 Å². The summed E-state index contributed by atoms with van der Waals surface area (Å²) in [4.78, 5) is 3.91. The SMILES string of the molecule is CCOc1n[nH]c(NS(=O)(=O)c2ccc(C#N)cc2C)n1. The smallest absolute Gasteiger partial charge is 0.337 e. The number of nitrogens with zero attached hydrogens (tertiary/aromatic N) is 3. The van der Waals surface area contributed by atoms with Crippen LogP contribution in [-0.4, -0.2) is 30.2 Å². The molecule has 0 radical (unpaired) electrons. The highest BCUT2D eigenvalue weighted by atomic mass is 32.2. The fourth-order valence-electron chi connectivity index (χ4n) is 1.69. The molecule has 0 aliphatic rings. The second-order valence-electron chi connectivity index (χ2n) is 4.10. The molecule has 1 heterocycles. The third kappa shape index (κ3) is 3.29. The van der Waals surface area contributed by atoms with Crippen LogP contribution in [0.3, 0.4) is 0 Å². The number of nitriles is 1. The predicted octanol–water partition coefficient (Wildman–Crippen LogP) is 1.18. The first-order valence-electron chi connectivity index (χ1n) is 6.05. The summed E-state index contributed by atoms with van der Waals surface area (Å²) in [6.07, 6.45) is 0. The molecule has 0 unspecified atom stereocenters. The lowest BCUT2D eigenvalue weighted by Crippen LogP contribution is -2.15. The summed E-state index contributed by atoms with van der Waals surface area (Å²) in [6, 6.07) is 6.32. The molecular formula is C12H13N5O3S. The zero-order valence-corrected chi connectivity index (χ0v) is 12.2. The van der Waals surface area contributed by atoms with Crippen LogP contribution in [0.25, 0.3) is 0 Å². The van der Waals surface area contributed by atoms with Crippen LogP contribution in [0.15, 0.2) is 23.1 Å². The summed E-state index contributed by atoms with van der Waals surface area (Å²) in [5.74, 6) is -0.0396. The first-order chi connectivity index (χ1) is 9.96. The molecule has 2 rings (SSSR count). The van der Waals surface area contributed by atoms with Crippen molar-refractivity contribution in [2.75, 3.05) is 11.3 Å². The molecule has 1 aromatic carbocycles. The molecule has 1 aromatic heterocycles. The maximum absolute atomic E-state index is 12.3. The van der Waals surface area contributed by atoms with Gasteiger partial charge in [0.15, 0.2) is 0 Å². The van der Waals surface area contributed by atoms with E-state index in [0.29, 0.717) is 17.7 Å². The van der Waals surface area contributed by atoms with Gasteiger partial charge in [-0.25, -0.2) is 18.2 Å². The average molecular weight is 307 g/mol. The Labute approximate surface area is 121 Å². The fraction of sp³-hybridized carbons (Fsp3) is 0.250.